The van der Waals surface area contributed by atoms with Crippen LogP contribution in [0, 0.1) is 5.92 Å². The maximum atomic E-state index is 13.5. The molecule has 13 heteroatoms. The van der Waals surface area contributed by atoms with Gasteiger partial charge in [-0.2, -0.15) is 13.2 Å². The summed E-state index contributed by atoms with van der Waals surface area (Å²) in [6, 6.07) is 12.2. The summed E-state index contributed by atoms with van der Waals surface area (Å²) in [6.07, 6.45) is 1.63. The van der Waals surface area contributed by atoms with E-state index in [0.29, 0.717) is 31.4 Å². The zero-order valence-corrected chi connectivity index (χ0v) is 22.8. The van der Waals surface area contributed by atoms with Gasteiger partial charge in [0.15, 0.2) is 0 Å². The Morgan fingerprint density at radius 3 is 2.46 bits per heavy atom. The smallest absolute Gasteiger partial charge is 0.376 e. The van der Waals surface area contributed by atoms with Crippen molar-refractivity contribution in [2.24, 2.45) is 11.1 Å². The summed E-state index contributed by atoms with van der Waals surface area (Å²) in [5.41, 5.74) is -5.67. The summed E-state index contributed by atoms with van der Waals surface area (Å²) in [6.45, 7) is 4.82. The fourth-order valence-corrected chi connectivity index (χ4v) is 6.84. The molecule has 2 aromatic carbocycles. The Hall–Kier alpha value is -1.64. The van der Waals surface area contributed by atoms with Gasteiger partial charge in [0.05, 0.1) is 22.5 Å². The van der Waals surface area contributed by atoms with Gasteiger partial charge in [0.1, 0.15) is 0 Å². The molecule has 0 amide bonds. The molecule has 0 saturated carbocycles. The zero-order valence-electron chi connectivity index (χ0n) is 20.4. The van der Waals surface area contributed by atoms with Crippen LogP contribution in [-0.2, 0) is 31.0 Å². The highest BCUT2D eigenvalue weighted by Crippen LogP contribution is 2.35. The summed E-state index contributed by atoms with van der Waals surface area (Å²) >= 11 is 1.53. The molecule has 0 aliphatic carbocycles. The third-order valence-corrected chi connectivity index (χ3v) is 9.95. The standard InChI is InChI=1S/C24H31F3N2O5S3/c1-2-20-16-29(12-13-34-20)11-10-18(17-35-21-6-4-3-5-7-21)14-19-8-9-22(37(28,32)33)15-23(19)36(30,31)24(25,26)27/h3-9,15,18,20H,2,10-14,16-17H2,1H3,(H2,28,32,33)/t18-,20+/m0/s1. The van der Waals surface area contributed by atoms with E-state index in [0.717, 1.165) is 36.5 Å². The molecule has 1 fully saturated rings. The van der Waals surface area contributed by atoms with Crippen molar-refractivity contribution in [2.75, 3.05) is 32.0 Å². The molecule has 2 N–H and O–H groups in total. The van der Waals surface area contributed by atoms with Crippen LogP contribution in [0.1, 0.15) is 25.3 Å². The van der Waals surface area contributed by atoms with Crippen LogP contribution >= 0.6 is 11.8 Å². The summed E-state index contributed by atoms with van der Waals surface area (Å²) < 4.78 is 94.6. The number of benzene rings is 2. The van der Waals surface area contributed by atoms with Gasteiger partial charge < -0.3 is 4.74 Å². The maximum Gasteiger partial charge on any atom is 0.501 e. The fraction of sp³-hybridized carbons (Fsp3) is 0.500. The number of sulfonamides is 1. The average molecular weight is 581 g/mol. The largest absolute Gasteiger partial charge is 0.501 e. The van der Waals surface area contributed by atoms with Gasteiger partial charge >= 0.3 is 5.51 Å². The minimum Gasteiger partial charge on any atom is -0.376 e. The highest BCUT2D eigenvalue weighted by Gasteiger charge is 2.48. The van der Waals surface area contributed by atoms with E-state index >= 15 is 0 Å². The Bertz CT molecular complexity index is 1260. The van der Waals surface area contributed by atoms with Crippen molar-refractivity contribution in [3.05, 3.63) is 54.1 Å². The molecule has 0 unspecified atom stereocenters. The van der Waals surface area contributed by atoms with Gasteiger partial charge in [-0.15, -0.1) is 11.8 Å². The highest BCUT2D eigenvalue weighted by atomic mass is 32.2. The monoisotopic (exact) mass is 580 g/mol. The Morgan fingerprint density at radius 2 is 1.84 bits per heavy atom. The molecule has 0 bridgehead atoms. The molecule has 0 spiro atoms. The van der Waals surface area contributed by atoms with Gasteiger partial charge in [0.2, 0.25) is 10.0 Å². The van der Waals surface area contributed by atoms with Gasteiger partial charge in [-0.3, -0.25) is 4.90 Å². The molecule has 1 saturated heterocycles. The SMILES string of the molecule is CC[C@@H]1CN(CC[C@H](CSc2ccccc2)Cc2ccc(S(N)(=O)=O)cc2S(=O)(=O)C(F)(F)F)CCO1. The number of hydrogen-bond donors (Lipinski definition) is 1. The van der Waals surface area contributed by atoms with E-state index in [2.05, 4.69) is 4.90 Å². The highest BCUT2D eigenvalue weighted by molar-refractivity contribution is 7.99. The van der Waals surface area contributed by atoms with Crippen LogP contribution in [0.5, 0.6) is 0 Å². The lowest BCUT2D eigenvalue weighted by Gasteiger charge is -2.33. The van der Waals surface area contributed by atoms with Crippen LogP contribution in [0.3, 0.4) is 0 Å². The maximum absolute atomic E-state index is 13.5. The predicted molar refractivity (Wildman–Crippen MR) is 137 cm³/mol. The number of thioether (sulfide) groups is 1. The van der Waals surface area contributed by atoms with Crippen LogP contribution in [0.4, 0.5) is 13.2 Å². The predicted octanol–water partition coefficient (Wildman–Crippen LogP) is 4.08. The first kappa shape index (κ1) is 29.9. The Labute approximate surface area is 220 Å². The molecule has 1 aliphatic heterocycles. The van der Waals surface area contributed by atoms with E-state index in [4.69, 9.17) is 9.88 Å². The second kappa shape index (κ2) is 12.5. The van der Waals surface area contributed by atoms with Crippen LogP contribution in [0.25, 0.3) is 0 Å². The molecule has 7 nitrogen and oxygen atoms in total. The summed E-state index contributed by atoms with van der Waals surface area (Å²) in [7, 11) is -10.2. The minimum atomic E-state index is -5.80. The minimum absolute atomic E-state index is 0.0247. The number of ether oxygens (including phenoxy) is 1. The lowest BCUT2D eigenvalue weighted by Crippen LogP contribution is -2.43. The van der Waals surface area contributed by atoms with E-state index in [9.17, 15) is 30.0 Å². The molecule has 0 radical (unpaired) electrons. The Kier molecular flexibility index (Phi) is 10.1. The van der Waals surface area contributed by atoms with Crippen molar-refractivity contribution in [1.82, 2.24) is 4.90 Å². The first-order valence-electron chi connectivity index (χ1n) is 11.8. The van der Waals surface area contributed by atoms with E-state index in [1.807, 2.05) is 37.3 Å². The van der Waals surface area contributed by atoms with Gasteiger partial charge in [0, 0.05) is 23.7 Å². The number of morpholine rings is 1. The third-order valence-electron chi connectivity index (χ3n) is 6.23. The van der Waals surface area contributed by atoms with Crippen molar-refractivity contribution >= 4 is 31.6 Å². The van der Waals surface area contributed by atoms with Gasteiger partial charge in [-0.25, -0.2) is 22.0 Å². The number of sulfone groups is 1. The molecular formula is C24H31F3N2O5S3. The van der Waals surface area contributed by atoms with Crippen molar-refractivity contribution < 1.29 is 34.7 Å². The van der Waals surface area contributed by atoms with E-state index in [1.165, 1.54) is 11.8 Å². The van der Waals surface area contributed by atoms with Crippen LogP contribution in [0.15, 0.2) is 63.2 Å². The number of alkyl halides is 3. The van der Waals surface area contributed by atoms with Gasteiger partial charge in [0.25, 0.3) is 9.84 Å². The molecule has 2 atom stereocenters. The quantitative estimate of drug-likeness (QED) is 0.399. The number of hydrogen-bond acceptors (Lipinski definition) is 7. The van der Waals surface area contributed by atoms with Crippen molar-refractivity contribution in [1.29, 1.82) is 0 Å². The molecule has 1 heterocycles. The second-order valence-electron chi connectivity index (χ2n) is 8.95. The number of halogens is 3. The topological polar surface area (TPSA) is 107 Å². The van der Waals surface area contributed by atoms with Crippen molar-refractivity contribution in [3.63, 3.8) is 0 Å². The summed E-state index contributed by atoms with van der Waals surface area (Å²) in [4.78, 5) is 1.47. The summed E-state index contributed by atoms with van der Waals surface area (Å²) in [5, 5.41) is 5.07. The molecule has 37 heavy (non-hydrogen) atoms. The number of nitrogens with two attached hydrogens (primary N) is 1. The van der Waals surface area contributed by atoms with Gasteiger partial charge in [-0.05, 0) is 61.6 Å². The summed E-state index contributed by atoms with van der Waals surface area (Å²) in [5.74, 6) is 0.351. The lowest BCUT2D eigenvalue weighted by molar-refractivity contribution is -0.0436. The molecule has 206 valence electrons. The zero-order chi connectivity index (χ0) is 27.3. The van der Waals surface area contributed by atoms with E-state index in [1.54, 1.807) is 0 Å². The molecule has 1 aliphatic rings. The molecule has 3 rings (SSSR count). The first-order valence-corrected chi connectivity index (χ1v) is 15.8. The number of primary sulfonamides is 1. The van der Waals surface area contributed by atoms with Gasteiger partial charge in [-0.1, -0.05) is 31.2 Å². The van der Waals surface area contributed by atoms with E-state index in [-0.39, 0.29) is 24.0 Å². The van der Waals surface area contributed by atoms with Crippen LogP contribution in [-0.4, -0.2) is 65.3 Å². The third kappa shape index (κ3) is 8.17. The average Bonchev–Trinajstić information content (AvgIpc) is 2.85. The normalized spacial score (nSPS) is 18.6. The number of rotatable bonds is 11. The van der Waals surface area contributed by atoms with Crippen LogP contribution in [0.2, 0.25) is 0 Å². The Balaban J connectivity index is 1.90. The van der Waals surface area contributed by atoms with E-state index < -0.39 is 35.2 Å². The second-order valence-corrected chi connectivity index (χ2v) is 13.5. The lowest BCUT2D eigenvalue weighted by atomic mass is 9.97. The molecular weight excluding hydrogens is 549 g/mol. The van der Waals surface area contributed by atoms with Crippen molar-refractivity contribution in [2.45, 2.75) is 52.5 Å². The number of nitrogens with zero attached hydrogens (tertiary/aromatic N) is 1. The first-order chi connectivity index (χ1) is 17.3. The fourth-order valence-electron chi connectivity index (χ4n) is 4.14. The molecule has 2 aromatic rings. The van der Waals surface area contributed by atoms with Crippen molar-refractivity contribution in [3.8, 4) is 0 Å². The Morgan fingerprint density at radius 1 is 1.14 bits per heavy atom. The van der Waals surface area contributed by atoms with Crippen LogP contribution < -0.4 is 5.14 Å². The molecule has 0 aromatic heterocycles.